The Kier molecular flexibility index (Phi) is 14.5. The minimum atomic E-state index is -7.46. The Bertz CT molecular complexity index is 1170. The Hall–Kier alpha value is -2.24. The van der Waals surface area contributed by atoms with Gasteiger partial charge in [-0.3, -0.25) is 15.1 Å². The van der Waals surface area contributed by atoms with Gasteiger partial charge in [0.25, 0.3) is 11.4 Å². The first-order valence-electron chi connectivity index (χ1n) is 15.1. The van der Waals surface area contributed by atoms with E-state index < -0.39 is 61.9 Å². The number of rotatable bonds is 15. The highest BCUT2D eigenvalue weighted by atomic mass is 79.9. The number of nitrogens with zero attached hydrogens (tertiary/aromatic N) is 3. The molecule has 2 rings (SSSR count). The summed E-state index contributed by atoms with van der Waals surface area (Å²) in [7, 11) is 0. The minimum absolute atomic E-state index is 0.355. The van der Waals surface area contributed by atoms with E-state index in [1.807, 2.05) is 0 Å². The van der Waals surface area contributed by atoms with E-state index >= 15 is 0 Å². The molecular weight excluding hydrogens is 727 g/mol. The number of benzene rings is 1. The van der Waals surface area contributed by atoms with Gasteiger partial charge in [0.15, 0.2) is 0 Å². The third-order valence-corrected chi connectivity index (χ3v) is 8.68. The number of non-ortho nitro benzene ring substituents is 1. The molecule has 0 heterocycles. The summed E-state index contributed by atoms with van der Waals surface area (Å²) < 4.78 is 150. The zero-order valence-electron chi connectivity index (χ0n) is 26.3. The van der Waals surface area contributed by atoms with Crippen molar-refractivity contribution < 1.29 is 62.8 Å². The van der Waals surface area contributed by atoms with Gasteiger partial charge >= 0.3 is 29.6 Å². The van der Waals surface area contributed by atoms with Crippen molar-refractivity contribution in [2.75, 3.05) is 26.2 Å². The van der Waals surface area contributed by atoms with E-state index in [4.69, 9.17) is 0 Å². The van der Waals surface area contributed by atoms with Crippen LogP contribution in [0.5, 0.6) is 0 Å². The normalized spacial score (nSPS) is 20.6. The molecule has 6 nitrogen and oxygen atoms in total. The van der Waals surface area contributed by atoms with Gasteiger partial charge in [0.1, 0.15) is 0 Å². The van der Waals surface area contributed by atoms with Crippen LogP contribution in [0.15, 0.2) is 27.7 Å². The molecule has 272 valence electrons. The fourth-order valence-electron chi connectivity index (χ4n) is 5.02. The van der Waals surface area contributed by atoms with Crippen LogP contribution in [-0.2, 0) is 0 Å². The van der Waals surface area contributed by atoms with Crippen molar-refractivity contribution in [2.24, 2.45) is 4.99 Å². The highest BCUT2D eigenvalue weighted by molar-refractivity contribution is 9.10. The van der Waals surface area contributed by atoms with E-state index in [0.717, 1.165) is 0 Å². The third kappa shape index (κ3) is 7.82. The van der Waals surface area contributed by atoms with Gasteiger partial charge in [-0.15, -0.1) is 0 Å². The van der Waals surface area contributed by atoms with Crippen LogP contribution in [0.4, 0.5) is 59.7 Å². The first-order valence-corrected chi connectivity index (χ1v) is 15.9. The smallest absolute Gasteiger partial charge is 0.384 e. The average molecular weight is 767 g/mol. The Morgan fingerprint density at radius 1 is 0.702 bits per heavy atom. The highest BCUT2D eigenvalue weighted by Gasteiger charge is 3.01. The molecular formula is C29H39BrF11N3O3. The second-order valence-corrected chi connectivity index (χ2v) is 12.3. The molecule has 1 aromatic carbocycles. The Balaban J connectivity index is 0.000000554. The summed E-state index contributed by atoms with van der Waals surface area (Å²) in [6.07, 6.45) is 11.1. The lowest BCUT2D eigenvalue weighted by Gasteiger charge is -2.53. The molecule has 0 atom stereocenters. The van der Waals surface area contributed by atoms with Crippen LogP contribution in [0.25, 0.3) is 0 Å². The lowest BCUT2D eigenvalue weighted by molar-refractivity contribution is -0.929. The molecule has 0 spiro atoms. The first-order chi connectivity index (χ1) is 21.5. The van der Waals surface area contributed by atoms with E-state index in [1.54, 1.807) is 0 Å². The van der Waals surface area contributed by atoms with Crippen LogP contribution >= 0.6 is 15.9 Å². The van der Waals surface area contributed by atoms with Crippen LogP contribution in [0.1, 0.15) is 79.1 Å². The molecule has 47 heavy (non-hydrogen) atoms. The first kappa shape index (κ1) is 42.8. The summed E-state index contributed by atoms with van der Waals surface area (Å²) >= 11 is 2.44. The summed E-state index contributed by atoms with van der Waals surface area (Å²) in [6.45, 7) is 15.0. The van der Waals surface area contributed by atoms with Crippen molar-refractivity contribution in [1.82, 2.24) is 0 Å². The monoisotopic (exact) mass is 765 g/mol. The molecule has 0 amide bonds. The summed E-state index contributed by atoms with van der Waals surface area (Å²) in [6, 6.07) is 1.30. The van der Waals surface area contributed by atoms with Gasteiger partial charge in [-0.25, -0.2) is 4.39 Å². The van der Waals surface area contributed by atoms with Crippen molar-refractivity contribution in [2.45, 2.75) is 114 Å². The number of aliphatic imine (C=N–C) groups is 1. The van der Waals surface area contributed by atoms with Gasteiger partial charge < -0.3 is 9.59 Å². The molecule has 0 saturated heterocycles. The van der Waals surface area contributed by atoms with Crippen molar-refractivity contribution >= 4 is 33.2 Å². The Labute approximate surface area is 274 Å². The summed E-state index contributed by atoms with van der Waals surface area (Å²) in [5.74, 6) is -40.7. The highest BCUT2D eigenvalue weighted by Crippen LogP contribution is 2.69. The molecule has 18 heteroatoms. The van der Waals surface area contributed by atoms with Crippen molar-refractivity contribution in [3.63, 3.8) is 0 Å². The van der Waals surface area contributed by atoms with Crippen molar-refractivity contribution in [3.8, 4) is 0 Å². The minimum Gasteiger partial charge on any atom is -0.859 e. The number of hydrogen-bond donors (Lipinski definition) is 0. The third-order valence-electron chi connectivity index (χ3n) is 8.05. The number of hydrogen-bond acceptors (Lipinski definition) is 4. The van der Waals surface area contributed by atoms with Crippen LogP contribution in [-0.4, -0.2) is 76.8 Å². The number of nitro benzene ring substituents is 1. The predicted octanol–water partition coefficient (Wildman–Crippen LogP) is 9.65. The van der Waals surface area contributed by atoms with E-state index in [2.05, 4.69) is 48.6 Å². The zero-order valence-corrected chi connectivity index (χ0v) is 27.9. The number of nitro groups is 1. The fourth-order valence-corrected chi connectivity index (χ4v) is 5.48. The maximum atomic E-state index is 14.5. The van der Waals surface area contributed by atoms with E-state index in [0.29, 0.717) is 18.2 Å². The number of unbranched alkanes of at least 4 members (excludes halogenated alkanes) is 4. The molecule has 1 saturated carbocycles. The second-order valence-electron chi connectivity index (χ2n) is 11.5. The largest absolute Gasteiger partial charge is 0.859 e. The topological polar surface area (TPSA) is 78.6 Å². The van der Waals surface area contributed by atoms with E-state index in [1.165, 1.54) is 82.0 Å². The lowest BCUT2D eigenvalue weighted by Crippen LogP contribution is -2.86. The van der Waals surface area contributed by atoms with Gasteiger partial charge in [-0.1, -0.05) is 53.4 Å². The summed E-state index contributed by atoms with van der Waals surface area (Å²) in [4.78, 5) is 11.8. The Morgan fingerprint density at radius 3 is 1.34 bits per heavy atom. The SMILES string of the molecule is CCCC[N+](CCCC)(CCCC)CCCC.O=[N+]([O-])c1ccc(N=C([O-])C2(F)C(F)(F)C(F)(F)C(F)(F)C(F)(F)C2(F)F)c(Br)c1. The van der Waals surface area contributed by atoms with Crippen molar-refractivity contribution in [3.05, 3.63) is 32.8 Å². The number of halogens is 12. The average Bonchev–Trinajstić information content (AvgIpc) is 2.99. The predicted molar refractivity (Wildman–Crippen MR) is 156 cm³/mol. The molecule has 0 aromatic heterocycles. The standard InChI is InChI=1S/C16H36N.C13H4BrF11N2O3/c1-5-9-13-17(14-10-6-2,15-11-7-3)16-12-8-4;14-5-3-4(27(29)30)1-2-6(5)26-7(28)8(15)9(16,17)11(20,21)13(24,25)12(22,23)10(8,18)19/h5-16H2,1-4H3;1-3H,(H,26,28)/q+1;/p-1. The molecule has 1 aromatic rings. The van der Waals surface area contributed by atoms with Crippen LogP contribution in [0.2, 0.25) is 0 Å². The second kappa shape index (κ2) is 16.0. The quantitative estimate of drug-likeness (QED) is 0.0446. The van der Waals surface area contributed by atoms with E-state index in [9.17, 15) is 63.5 Å². The van der Waals surface area contributed by atoms with Gasteiger partial charge in [0.05, 0.1) is 36.8 Å². The van der Waals surface area contributed by atoms with Gasteiger partial charge in [-0.05, 0) is 47.7 Å². The molecule has 0 bridgehead atoms. The van der Waals surface area contributed by atoms with Crippen LogP contribution < -0.4 is 5.11 Å². The molecule has 0 N–H and O–H groups in total. The molecule has 0 radical (unpaired) electrons. The van der Waals surface area contributed by atoms with Crippen LogP contribution in [0, 0.1) is 10.1 Å². The maximum absolute atomic E-state index is 14.5. The molecule has 0 aliphatic heterocycles. The molecule has 1 fully saturated rings. The Morgan fingerprint density at radius 2 is 1.04 bits per heavy atom. The lowest BCUT2D eigenvalue weighted by atomic mass is 9.72. The van der Waals surface area contributed by atoms with Gasteiger partial charge in [0, 0.05) is 22.5 Å². The number of quaternary nitrogens is 1. The fraction of sp³-hybridized carbons (Fsp3) is 0.759. The molecule has 1 aliphatic carbocycles. The molecule has 0 unspecified atom stereocenters. The summed E-state index contributed by atoms with van der Waals surface area (Å²) in [5.41, 5.74) is -8.86. The maximum Gasteiger partial charge on any atom is 0.384 e. The van der Waals surface area contributed by atoms with E-state index in [-0.39, 0.29) is 0 Å². The number of alkyl halides is 11. The zero-order chi connectivity index (χ0) is 36.7. The van der Waals surface area contributed by atoms with Crippen molar-refractivity contribution in [1.29, 1.82) is 0 Å². The van der Waals surface area contributed by atoms with Gasteiger partial charge in [0.2, 0.25) is 0 Å². The van der Waals surface area contributed by atoms with Gasteiger partial charge in [-0.2, -0.15) is 43.9 Å². The summed E-state index contributed by atoms with van der Waals surface area (Å²) in [5, 5.41) is 22.3. The van der Waals surface area contributed by atoms with Crippen LogP contribution in [0.3, 0.4) is 0 Å². The molecule has 1 aliphatic rings.